The largest absolute Gasteiger partial charge is 0.507 e. The van der Waals surface area contributed by atoms with Crippen LogP contribution in [0.25, 0.3) is 21.5 Å². The van der Waals surface area contributed by atoms with E-state index in [2.05, 4.69) is 51.1 Å². The minimum absolute atomic E-state index is 0.0932. The maximum absolute atomic E-state index is 12.6. The van der Waals surface area contributed by atoms with Crippen molar-refractivity contribution in [2.24, 2.45) is 51.1 Å². The molecule has 0 heterocycles. The molecule has 0 fully saturated rings. The lowest BCUT2D eigenvalue weighted by Gasteiger charge is -2.10. The van der Waals surface area contributed by atoms with E-state index in [0.717, 1.165) is 30.3 Å². The molecule has 0 unspecified atom stereocenters. The second-order valence-electron chi connectivity index (χ2n) is 17.2. The van der Waals surface area contributed by atoms with Crippen LogP contribution in [0.4, 0.5) is 56.9 Å². The van der Waals surface area contributed by atoms with E-state index < -0.39 is 105 Å². The Kier molecular flexibility index (Phi) is 15.2. The number of carboxylic acid groups (broad SMARTS) is 1. The van der Waals surface area contributed by atoms with E-state index in [0.29, 0.717) is 57.1 Å². The van der Waals surface area contributed by atoms with E-state index in [1.165, 1.54) is 36.4 Å². The molecule has 0 atom stereocenters. The lowest BCUT2D eigenvalue weighted by molar-refractivity contribution is 0.0693. The summed E-state index contributed by atoms with van der Waals surface area (Å²) in [6.07, 6.45) is 0. The molecule has 8 aromatic rings. The molecular formula is C49H38N10O16S4. The van der Waals surface area contributed by atoms with Crippen molar-refractivity contribution >= 4 is 125 Å². The zero-order valence-corrected chi connectivity index (χ0v) is 44.1. The summed E-state index contributed by atoms with van der Waals surface area (Å²) in [7, 11) is -20.3. The normalized spacial score (nSPS) is 12.9. The molecule has 0 aliphatic heterocycles. The zero-order valence-electron chi connectivity index (χ0n) is 40.9. The summed E-state index contributed by atoms with van der Waals surface area (Å²) in [6, 6.07) is 24.4. The Morgan fingerprint density at radius 2 is 0.810 bits per heavy atom. The van der Waals surface area contributed by atoms with E-state index in [1.54, 1.807) is 64.1 Å². The third-order valence-corrected chi connectivity index (χ3v) is 15.0. The number of hydrogen-bond acceptors (Lipinski definition) is 21. The Balaban J connectivity index is 0.972. The molecule has 0 aromatic heterocycles. The van der Waals surface area contributed by atoms with Crippen LogP contribution in [0.5, 0.6) is 11.5 Å². The molecule has 8 aromatic carbocycles. The number of rotatable bonds is 15. The number of phenols is 2. The van der Waals surface area contributed by atoms with Gasteiger partial charge in [0.05, 0.1) is 50.4 Å². The summed E-state index contributed by atoms with van der Waals surface area (Å²) in [5.74, 6) is -2.47. The third kappa shape index (κ3) is 12.7. The monoisotopic (exact) mass is 1150 g/mol. The molecule has 0 amide bonds. The van der Waals surface area contributed by atoms with Crippen LogP contribution in [-0.2, 0) is 40.5 Å². The van der Waals surface area contributed by atoms with Crippen molar-refractivity contribution < 1.29 is 72.0 Å². The van der Waals surface area contributed by atoms with Crippen molar-refractivity contribution in [2.45, 2.75) is 47.3 Å². The number of fused-ring (bicyclic) bond motifs is 2. The van der Waals surface area contributed by atoms with Gasteiger partial charge >= 0.3 is 5.97 Å². The van der Waals surface area contributed by atoms with Crippen LogP contribution in [-0.4, -0.2) is 73.2 Å². The SMILES string of the molecule is Cc1cc(N=Nc2cc(C)c(N=Nc3c(S(=O)(=O)O)cc4cc(N=Nc5ccc(O)c(C(=O)O)c5)ccc4c3O)cc2C)ccc1N=Nc1ccc(N=Nc2cc3c(S(=O)(=O)O)cc(S(=O)(=O)O)cc3cc2S(=O)(=O)O)c(C)c1. The van der Waals surface area contributed by atoms with Gasteiger partial charge in [0.15, 0.2) is 5.75 Å². The Morgan fingerprint density at radius 1 is 0.380 bits per heavy atom. The van der Waals surface area contributed by atoms with Gasteiger partial charge < -0.3 is 15.3 Å². The minimum atomic E-state index is -5.15. The Hall–Kier alpha value is -9.01. The number of carboxylic acids is 1. The number of nitrogens with zero attached hydrogens (tertiary/aromatic N) is 10. The Bertz CT molecular complexity index is 4550. The first-order chi connectivity index (χ1) is 36.9. The van der Waals surface area contributed by atoms with Gasteiger partial charge in [-0.05, 0) is 176 Å². The first-order valence-corrected chi connectivity index (χ1v) is 28.0. The molecule has 8 rings (SSSR count). The number of aromatic carboxylic acids is 1. The first-order valence-electron chi connectivity index (χ1n) is 22.2. The summed E-state index contributed by atoms with van der Waals surface area (Å²) in [5, 5.41) is 71.3. The molecule has 0 aliphatic carbocycles. The quantitative estimate of drug-likeness (QED) is 0.0370. The standard InChI is InChI=1S/C49H38N10O16S4/c1-24-13-31(6-10-38(24)54-52-30-7-11-39(25(2)14-30)55-58-42-23-36-29(19-45(42)78(70,71)72)18-34(76(64,65)66)22-44(36)77(67,68)69)53-56-40-15-27(4)41(16-26(40)3)57-59-47-46(79(73,74)75)20-28-17-32(5-9-35(28)48(47)61)50-51-33-8-12-43(60)37(21-33)49(62)63/h5-23,60-61H,1-4H3,(H,62,63)(H,64,65,66)(H,67,68,69)(H,70,71,72)(H,73,74,75). The highest BCUT2D eigenvalue weighted by atomic mass is 32.2. The highest BCUT2D eigenvalue weighted by Crippen LogP contribution is 2.44. The number of hydrogen-bond donors (Lipinski definition) is 7. The fourth-order valence-corrected chi connectivity index (χ4v) is 10.2. The van der Waals surface area contributed by atoms with Crippen molar-refractivity contribution in [2.75, 3.05) is 0 Å². The van der Waals surface area contributed by atoms with E-state index in [-0.39, 0.29) is 33.5 Å². The first kappa shape index (κ1) is 56.2. The molecular weight excluding hydrogens is 1110 g/mol. The number of aryl methyl sites for hydroxylation is 4. The van der Waals surface area contributed by atoms with E-state index in [9.17, 15) is 72.0 Å². The third-order valence-electron chi connectivity index (χ3n) is 11.6. The average Bonchev–Trinajstić information content (AvgIpc) is 3.36. The van der Waals surface area contributed by atoms with Gasteiger partial charge in [-0.3, -0.25) is 18.2 Å². The molecule has 26 nitrogen and oxygen atoms in total. The number of phenolic OH excluding ortho intramolecular Hbond substituents is 1. The van der Waals surface area contributed by atoms with Crippen LogP contribution in [0, 0.1) is 27.7 Å². The van der Waals surface area contributed by atoms with E-state index in [4.69, 9.17) is 0 Å². The zero-order chi connectivity index (χ0) is 57.5. The molecule has 79 heavy (non-hydrogen) atoms. The van der Waals surface area contributed by atoms with Crippen LogP contribution in [0.1, 0.15) is 32.6 Å². The summed E-state index contributed by atoms with van der Waals surface area (Å²) >= 11 is 0. The summed E-state index contributed by atoms with van der Waals surface area (Å²) in [5.41, 5.74) is 3.16. The molecule has 0 saturated heterocycles. The van der Waals surface area contributed by atoms with Gasteiger partial charge in [0.2, 0.25) is 0 Å². The minimum Gasteiger partial charge on any atom is -0.507 e. The van der Waals surface area contributed by atoms with Crippen molar-refractivity contribution in [1.82, 2.24) is 0 Å². The highest BCUT2D eigenvalue weighted by molar-refractivity contribution is 7.87. The maximum atomic E-state index is 12.6. The van der Waals surface area contributed by atoms with Gasteiger partial charge in [-0.1, -0.05) is 0 Å². The van der Waals surface area contributed by atoms with Gasteiger partial charge in [0, 0.05) is 10.8 Å². The van der Waals surface area contributed by atoms with Gasteiger partial charge in [0.25, 0.3) is 40.5 Å². The fraction of sp³-hybridized carbons (Fsp3) is 0.0816. The number of aromatic hydroxyl groups is 2. The predicted molar refractivity (Wildman–Crippen MR) is 283 cm³/mol. The van der Waals surface area contributed by atoms with Crippen LogP contribution in [0.15, 0.2) is 186 Å². The second-order valence-corrected chi connectivity index (χ2v) is 22.8. The van der Waals surface area contributed by atoms with Gasteiger partial charge in [0.1, 0.15) is 37.4 Å². The summed E-state index contributed by atoms with van der Waals surface area (Å²) < 4.78 is 137. The number of benzene rings is 8. The highest BCUT2D eigenvalue weighted by Gasteiger charge is 2.26. The smallest absolute Gasteiger partial charge is 0.339 e. The molecule has 0 saturated carbocycles. The van der Waals surface area contributed by atoms with E-state index >= 15 is 0 Å². The summed E-state index contributed by atoms with van der Waals surface area (Å²) in [6.45, 7) is 6.80. The summed E-state index contributed by atoms with van der Waals surface area (Å²) in [4.78, 5) is 7.74. The van der Waals surface area contributed by atoms with Crippen LogP contribution in [0.3, 0.4) is 0 Å². The Morgan fingerprint density at radius 3 is 1.34 bits per heavy atom. The fourth-order valence-electron chi connectivity index (χ4n) is 7.60. The van der Waals surface area contributed by atoms with Gasteiger partial charge in [-0.15, -0.1) is 10.2 Å². The number of carbonyl (C=O) groups is 1. The maximum Gasteiger partial charge on any atom is 0.339 e. The van der Waals surface area contributed by atoms with Crippen molar-refractivity contribution in [3.63, 3.8) is 0 Å². The predicted octanol–water partition coefficient (Wildman–Crippen LogP) is 13.4. The van der Waals surface area contributed by atoms with Crippen molar-refractivity contribution in [1.29, 1.82) is 0 Å². The molecule has 0 aliphatic rings. The van der Waals surface area contributed by atoms with Gasteiger partial charge in [-0.2, -0.15) is 74.6 Å². The molecule has 404 valence electrons. The molecule has 7 N–H and O–H groups in total. The van der Waals surface area contributed by atoms with Crippen LogP contribution >= 0.6 is 0 Å². The topological polar surface area (TPSA) is 419 Å². The van der Waals surface area contributed by atoms with Gasteiger partial charge in [-0.25, -0.2) is 4.79 Å². The second kappa shape index (κ2) is 21.4. The number of azo groups is 5. The molecule has 30 heteroatoms. The Labute approximate surface area is 447 Å². The van der Waals surface area contributed by atoms with Crippen LogP contribution < -0.4 is 0 Å². The van der Waals surface area contributed by atoms with E-state index in [1.807, 2.05) is 0 Å². The average molecular weight is 1150 g/mol. The lowest BCUT2D eigenvalue weighted by Crippen LogP contribution is -2.05. The van der Waals surface area contributed by atoms with Crippen molar-refractivity contribution in [3.8, 4) is 11.5 Å². The molecule has 0 bridgehead atoms. The lowest BCUT2D eigenvalue weighted by atomic mass is 10.1. The molecule has 0 spiro atoms. The van der Waals surface area contributed by atoms with Crippen molar-refractivity contribution in [3.05, 3.63) is 143 Å². The molecule has 0 radical (unpaired) electrons. The van der Waals surface area contributed by atoms with Crippen LogP contribution in [0.2, 0.25) is 0 Å².